The van der Waals surface area contributed by atoms with E-state index in [1.165, 1.54) is 36.4 Å². The fourth-order valence-corrected chi connectivity index (χ4v) is 2.88. The summed E-state index contributed by atoms with van der Waals surface area (Å²) in [6.07, 6.45) is -4.80. The van der Waals surface area contributed by atoms with Crippen molar-refractivity contribution in [2.24, 2.45) is 0 Å². The van der Waals surface area contributed by atoms with Gasteiger partial charge < -0.3 is 26.0 Å². The quantitative estimate of drug-likeness (QED) is 0.354. The van der Waals surface area contributed by atoms with Gasteiger partial charge in [0, 0.05) is 35.6 Å². The number of anilines is 2. The molecule has 4 N–H and O–H groups in total. The van der Waals surface area contributed by atoms with Gasteiger partial charge >= 0.3 is 12.4 Å². The number of carbonyl (C=O) groups excluding carboxylic acids is 3. The number of hydrogen-bond donors (Lipinski definition) is 4. The third-order valence-electron chi connectivity index (χ3n) is 4.48. The van der Waals surface area contributed by atoms with E-state index in [1.54, 1.807) is 24.3 Å². The number of urea groups is 1. The molecule has 0 heterocycles. The molecule has 3 rings (SSSR count). The molecular weight excluding hydrogens is 465 g/mol. The summed E-state index contributed by atoms with van der Waals surface area (Å²) in [6, 6.07) is 18.8. The highest BCUT2D eigenvalue weighted by Gasteiger charge is 2.30. The Morgan fingerprint density at radius 3 is 1.60 bits per heavy atom. The number of carbonyl (C=O) groups is 3. The van der Waals surface area contributed by atoms with Crippen LogP contribution in [-0.4, -0.2) is 37.3 Å². The van der Waals surface area contributed by atoms with Crippen LogP contribution in [0.25, 0.3) is 0 Å². The molecule has 0 spiro atoms. The average Bonchev–Trinajstić information content (AvgIpc) is 2.83. The van der Waals surface area contributed by atoms with Crippen molar-refractivity contribution in [3.8, 4) is 5.75 Å². The van der Waals surface area contributed by atoms with Crippen LogP contribution >= 0.6 is 0 Å². The fraction of sp³-hybridized carbons (Fsp3) is 0.125. The first-order valence-corrected chi connectivity index (χ1v) is 10.3. The number of hydrogen-bond acceptors (Lipinski definition) is 4. The second-order valence-corrected chi connectivity index (χ2v) is 7.11. The maximum atomic E-state index is 12.2. The van der Waals surface area contributed by atoms with E-state index in [4.69, 9.17) is 0 Å². The summed E-state index contributed by atoms with van der Waals surface area (Å²) < 4.78 is 40.4. The molecule has 0 saturated heterocycles. The fourth-order valence-electron chi connectivity index (χ4n) is 2.88. The molecule has 0 atom stereocenters. The van der Waals surface area contributed by atoms with Crippen LogP contribution in [0.15, 0.2) is 78.9 Å². The van der Waals surface area contributed by atoms with Gasteiger partial charge in [-0.15, -0.1) is 13.2 Å². The summed E-state index contributed by atoms with van der Waals surface area (Å²) in [7, 11) is 0. The van der Waals surface area contributed by atoms with E-state index < -0.39 is 18.1 Å². The van der Waals surface area contributed by atoms with Crippen LogP contribution in [0.1, 0.15) is 20.7 Å². The van der Waals surface area contributed by atoms with E-state index in [1.807, 2.05) is 6.07 Å². The lowest BCUT2D eigenvalue weighted by atomic mass is 10.2. The van der Waals surface area contributed by atoms with Gasteiger partial charge in [-0.2, -0.15) is 0 Å². The number of amides is 4. The van der Waals surface area contributed by atoms with Gasteiger partial charge in [0.2, 0.25) is 0 Å². The summed E-state index contributed by atoms with van der Waals surface area (Å²) in [6.45, 7) is 0.481. The monoisotopic (exact) mass is 486 g/mol. The van der Waals surface area contributed by atoms with Crippen molar-refractivity contribution in [1.29, 1.82) is 0 Å². The van der Waals surface area contributed by atoms with Gasteiger partial charge in [0.05, 0.1) is 0 Å². The van der Waals surface area contributed by atoms with E-state index in [0.717, 1.165) is 12.1 Å². The zero-order valence-electron chi connectivity index (χ0n) is 18.2. The van der Waals surface area contributed by atoms with Crippen molar-refractivity contribution in [3.63, 3.8) is 0 Å². The maximum absolute atomic E-state index is 12.2. The summed E-state index contributed by atoms with van der Waals surface area (Å²) in [5.41, 5.74) is 1.53. The second-order valence-electron chi connectivity index (χ2n) is 7.11. The molecule has 0 aromatic heterocycles. The molecule has 0 unspecified atom stereocenters. The third kappa shape index (κ3) is 8.39. The zero-order valence-corrected chi connectivity index (χ0v) is 18.2. The summed E-state index contributed by atoms with van der Waals surface area (Å²) >= 11 is 0. The van der Waals surface area contributed by atoms with Crippen LogP contribution in [0.2, 0.25) is 0 Å². The SMILES string of the molecule is O=C(Nc1ccc(OC(F)(F)F)cc1)Nc1ccc(C(=O)NCCNC(=O)c2ccccc2)cc1. The molecule has 0 aliphatic heterocycles. The van der Waals surface area contributed by atoms with Crippen molar-refractivity contribution in [1.82, 2.24) is 10.6 Å². The molecule has 0 aliphatic rings. The van der Waals surface area contributed by atoms with Gasteiger partial charge in [0.15, 0.2) is 0 Å². The first-order valence-electron chi connectivity index (χ1n) is 10.3. The Balaban J connectivity index is 1.41. The minimum Gasteiger partial charge on any atom is -0.406 e. The van der Waals surface area contributed by atoms with Gasteiger partial charge in [-0.3, -0.25) is 9.59 Å². The highest BCUT2D eigenvalue weighted by molar-refractivity contribution is 6.00. The summed E-state index contributed by atoms with van der Waals surface area (Å²) in [5, 5.41) is 10.4. The second kappa shape index (κ2) is 11.5. The molecule has 3 aromatic rings. The Morgan fingerprint density at radius 1 is 0.657 bits per heavy atom. The Kier molecular flexibility index (Phi) is 8.28. The molecule has 0 bridgehead atoms. The van der Waals surface area contributed by atoms with Crippen molar-refractivity contribution in [3.05, 3.63) is 90.0 Å². The Hall–Kier alpha value is -4.54. The van der Waals surface area contributed by atoms with Crippen molar-refractivity contribution in [2.45, 2.75) is 6.36 Å². The van der Waals surface area contributed by atoms with Gasteiger partial charge in [-0.05, 0) is 60.7 Å². The predicted octanol–water partition coefficient (Wildman–Crippen LogP) is 4.39. The first kappa shape index (κ1) is 25.1. The lowest BCUT2D eigenvalue weighted by molar-refractivity contribution is -0.274. The van der Waals surface area contributed by atoms with Gasteiger partial charge in [0.1, 0.15) is 5.75 Å². The van der Waals surface area contributed by atoms with Crippen LogP contribution in [0, 0.1) is 0 Å². The van der Waals surface area contributed by atoms with E-state index in [-0.39, 0.29) is 30.6 Å². The number of rotatable bonds is 8. The molecule has 0 saturated carbocycles. The predicted molar refractivity (Wildman–Crippen MR) is 123 cm³/mol. The number of benzene rings is 3. The molecule has 182 valence electrons. The number of nitrogens with one attached hydrogen (secondary N) is 4. The summed E-state index contributed by atoms with van der Waals surface area (Å²) in [5.74, 6) is -0.994. The maximum Gasteiger partial charge on any atom is 0.573 e. The molecule has 11 heteroatoms. The minimum absolute atomic E-state index is 0.229. The number of alkyl halides is 3. The van der Waals surface area contributed by atoms with Crippen molar-refractivity contribution in [2.75, 3.05) is 23.7 Å². The van der Waals surface area contributed by atoms with E-state index in [9.17, 15) is 27.6 Å². The average molecular weight is 486 g/mol. The molecule has 3 aromatic carbocycles. The minimum atomic E-state index is -4.80. The van der Waals surface area contributed by atoms with Crippen LogP contribution in [0.5, 0.6) is 5.75 Å². The third-order valence-corrected chi connectivity index (χ3v) is 4.48. The highest BCUT2D eigenvalue weighted by atomic mass is 19.4. The van der Waals surface area contributed by atoms with Crippen LogP contribution < -0.4 is 26.0 Å². The topological polar surface area (TPSA) is 109 Å². The summed E-state index contributed by atoms with van der Waals surface area (Å²) in [4.78, 5) is 36.3. The number of halogens is 3. The molecule has 8 nitrogen and oxygen atoms in total. The Morgan fingerprint density at radius 2 is 1.11 bits per heavy atom. The van der Waals surface area contributed by atoms with Crippen molar-refractivity contribution < 1.29 is 32.3 Å². The molecule has 0 radical (unpaired) electrons. The standard InChI is InChI=1S/C24H21F3N4O4/c25-24(26,27)35-20-12-10-19(11-13-20)31-23(34)30-18-8-6-17(7-9-18)22(33)29-15-14-28-21(32)16-4-2-1-3-5-16/h1-13H,14-15H2,(H,28,32)(H,29,33)(H2,30,31,34). The van der Waals surface area contributed by atoms with Crippen LogP contribution in [-0.2, 0) is 0 Å². The normalized spacial score (nSPS) is 10.7. The molecule has 35 heavy (non-hydrogen) atoms. The zero-order chi connectivity index (χ0) is 25.3. The van der Waals surface area contributed by atoms with Gasteiger partial charge in [0.25, 0.3) is 11.8 Å². The smallest absolute Gasteiger partial charge is 0.406 e. The Bertz CT molecular complexity index is 1150. The number of ether oxygens (including phenoxy) is 1. The molecule has 4 amide bonds. The first-order chi connectivity index (χ1) is 16.7. The largest absolute Gasteiger partial charge is 0.573 e. The van der Waals surface area contributed by atoms with Crippen LogP contribution in [0.4, 0.5) is 29.3 Å². The van der Waals surface area contributed by atoms with E-state index in [2.05, 4.69) is 26.0 Å². The lowest BCUT2D eigenvalue weighted by Gasteiger charge is -2.11. The van der Waals surface area contributed by atoms with E-state index >= 15 is 0 Å². The van der Waals surface area contributed by atoms with Crippen molar-refractivity contribution >= 4 is 29.2 Å². The Labute approximate surface area is 198 Å². The molecule has 0 aliphatic carbocycles. The molecular formula is C24H21F3N4O4. The highest BCUT2D eigenvalue weighted by Crippen LogP contribution is 2.24. The van der Waals surface area contributed by atoms with Gasteiger partial charge in [-0.25, -0.2) is 4.79 Å². The lowest BCUT2D eigenvalue weighted by Crippen LogP contribution is -2.34. The van der Waals surface area contributed by atoms with Crippen LogP contribution in [0.3, 0.4) is 0 Å². The van der Waals surface area contributed by atoms with Gasteiger partial charge in [-0.1, -0.05) is 18.2 Å². The van der Waals surface area contributed by atoms with E-state index in [0.29, 0.717) is 16.8 Å². The molecule has 0 fully saturated rings.